The highest BCUT2D eigenvalue weighted by molar-refractivity contribution is 6.30. The van der Waals surface area contributed by atoms with E-state index in [0.29, 0.717) is 28.3 Å². The molecule has 0 aliphatic heterocycles. The molecule has 1 atom stereocenters. The molecule has 1 heterocycles. The summed E-state index contributed by atoms with van der Waals surface area (Å²) in [5, 5.41) is 2.79. The summed E-state index contributed by atoms with van der Waals surface area (Å²) in [7, 11) is 0. The fourth-order valence-electron chi connectivity index (χ4n) is 3.57. The number of amides is 1. The Morgan fingerprint density at radius 3 is 2.49 bits per heavy atom. The van der Waals surface area contributed by atoms with Crippen molar-refractivity contribution in [3.05, 3.63) is 104 Å². The van der Waals surface area contributed by atoms with Gasteiger partial charge in [-0.05, 0) is 59.4 Å². The normalized spacial score (nSPS) is 12.7. The molecule has 1 unspecified atom stereocenters. The van der Waals surface area contributed by atoms with Crippen LogP contribution in [0.25, 0.3) is 6.08 Å². The molecule has 0 aliphatic rings. The molecule has 0 spiro atoms. The number of benzene rings is 2. The zero-order valence-corrected chi connectivity index (χ0v) is 20.4. The molecule has 3 nitrogen and oxygen atoms in total. The molecule has 0 bridgehead atoms. The zero-order chi connectivity index (χ0) is 25.8. The number of allylic oxidation sites excluding steroid dienone is 1. The average molecular weight is 525 g/mol. The molecule has 0 aliphatic carbocycles. The molecular weight excluding hydrogens is 503 g/mol. The first-order valence-electron chi connectivity index (χ1n) is 10.7. The average Bonchev–Trinajstić information content (AvgIpc) is 2.81. The van der Waals surface area contributed by atoms with Gasteiger partial charge in [-0.1, -0.05) is 66.5 Å². The summed E-state index contributed by atoms with van der Waals surface area (Å²) >= 11 is 11.5. The number of nitrogens with one attached hydrogen (secondary N) is 1. The Morgan fingerprint density at radius 1 is 1.14 bits per heavy atom. The number of carbonyl (C=O) groups is 1. The number of aryl methyl sites for hydroxylation is 2. The maximum absolute atomic E-state index is 13.8. The van der Waals surface area contributed by atoms with Crippen LogP contribution in [-0.4, -0.2) is 17.1 Å². The van der Waals surface area contributed by atoms with Crippen molar-refractivity contribution in [3.8, 4) is 0 Å². The summed E-state index contributed by atoms with van der Waals surface area (Å²) in [6.45, 7) is 3.47. The highest BCUT2D eigenvalue weighted by Crippen LogP contribution is 2.38. The lowest BCUT2D eigenvalue weighted by molar-refractivity contribution is -0.139. The molecule has 1 aromatic heterocycles. The lowest BCUT2D eigenvalue weighted by Gasteiger charge is -2.18. The van der Waals surface area contributed by atoms with Gasteiger partial charge >= 0.3 is 6.18 Å². The number of rotatable bonds is 7. The van der Waals surface area contributed by atoms with Crippen molar-refractivity contribution < 1.29 is 22.4 Å². The fraction of sp³-hybridized carbons (Fsp3) is 0.231. The molecule has 9 heteroatoms. The minimum absolute atomic E-state index is 0.0353. The van der Waals surface area contributed by atoms with E-state index in [2.05, 4.69) is 10.3 Å². The summed E-state index contributed by atoms with van der Waals surface area (Å²) in [5.41, 5.74) is 2.27. The largest absolute Gasteiger partial charge is 0.399 e. The van der Waals surface area contributed by atoms with Crippen LogP contribution in [-0.2, 0) is 13.0 Å². The van der Waals surface area contributed by atoms with E-state index in [4.69, 9.17) is 23.2 Å². The molecule has 2 aromatic carbocycles. The number of pyridine rings is 1. The van der Waals surface area contributed by atoms with Crippen LogP contribution in [0, 0.1) is 12.7 Å². The van der Waals surface area contributed by atoms with Crippen LogP contribution in [0.5, 0.6) is 0 Å². The lowest BCUT2D eigenvalue weighted by atomic mass is 9.94. The molecule has 0 fully saturated rings. The van der Waals surface area contributed by atoms with Gasteiger partial charge in [-0.2, -0.15) is 13.2 Å². The third-order valence-electron chi connectivity index (χ3n) is 5.42. The van der Waals surface area contributed by atoms with Crippen molar-refractivity contribution in [1.82, 2.24) is 10.3 Å². The van der Waals surface area contributed by atoms with E-state index >= 15 is 0 Å². The molecule has 1 amide bonds. The van der Waals surface area contributed by atoms with Crippen LogP contribution < -0.4 is 5.32 Å². The van der Waals surface area contributed by atoms with E-state index in [0.717, 1.165) is 23.8 Å². The second kappa shape index (κ2) is 11.2. The molecule has 0 saturated carbocycles. The van der Waals surface area contributed by atoms with Gasteiger partial charge in [0.25, 0.3) is 5.91 Å². The number of aromatic nitrogens is 1. The minimum Gasteiger partial charge on any atom is -0.348 e. The van der Waals surface area contributed by atoms with Crippen LogP contribution in [0.3, 0.4) is 0 Å². The van der Waals surface area contributed by atoms with Gasteiger partial charge in [-0.3, -0.25) is 4.79 Å². The number of nitrogens with zero attached hydrogens (tertiary/aromatic N) is 1. The third-order valence-corrected chi connectivity index (χ3v) is 5.92. The SMILES string of the molecule is CCc1cc(/C=C/C(c2cc(C)c(F)c(Cl)c2)C(F)(F)F)ccc1C(=O)NCc1ccc(Cl)nc1. The van der Waals surface area contributed by atoms with E-state index in [1.54, 1.807) is 36.5 Å². The summed E-state index contributed by atoms with van der Waals surface area (Å²) in [6, 6.07) is 10.3. The molecule has 3 rings (SSSR count). The van der Waals surface area contributed by atoms with E-state index < -0.39 is 17.9 Å². The first kappa shape index (κ1) is 26.7. The van der Waals surface area contributed by atoms with Gasteiger partial charge < -0.3 is 5.32 Å². The van der Waals surface area contributed by atoms with Gasteiger partial charge in [-0.25, -0.2) is 9.37 Å². The van der Waals surface area contributed by atoms with Crippen molar-refractivity contribution in [2.75, 3.05) is 0 Å². The van der Waals surface area contributed by atoms with Crippen LogP contribution in [0.15, 0.2) is 54.7 Å². The quantitative estimate of drug-likeness (QED) is 0.254. The highest BCUT2D eigenvalue weighted by Gasteiger charge is 2.39. The first-order valence-corrected chi connectivity index (χ1v) is 11.5. The number of alkyl halides is 3. The number of halogens is 6. The number of hydrogen-bond donors (Lipinski definition) is 1. The van der Waals surface area contributed by atoms with Crippen molar-refractivity contribution in [2.24, 2.45) is 0 Å². The maximum atomic E-state index is 13.8. The van der Waals surface area contributed by atoms with Gasteiger partial charge in [0.1, 0.15) is 11.0 Å². The molecular formula is C26H22Cl2F4N2O. The Labute approximate surface area is 210 Å². The van der Waals surface area contributed by atoms with E-state index in [9.17, 15) is 22.4 Å². The predicted molar refractivity (Wildman–Crippen MR) is 130 cm³/mol. The van der Waals surface area contributed by atoms with E-state index in [1.807, 2.05) is 6.92 Å². The molecule has 35 heavy (non-hydrogen) atoms. The summed E-state index contributed by atoms with van der Waals surface area (Å²) < 4.78 is 55.1. The standard InChI is InChI=1S/C26H22Cl2F4N2O/c1-3-18-11-16(4-7-20(18)25(35)34-14-17-6-9-23(28)33-13-17)5-8-21(26(30,31)32)19-10-15(2)24(29)22(27)12-19/h4-13,21H,3,14H2,1-2H3,(H,34,35)/b8-5+. The van der Waals surface area contributed by atoms with Crippen molar-refractivity contribution in [1.29, 1.82) is 0 Å². The Balaban J connectivity index is 1.82. The first-order chi connectivity index (χ1) is 16.5. The fourth-order valence-corrected chi connectivity index (χ4v) is 3.96. The maximum Gasteiger partial charge on any atom is 0.399 e. The second-order valence-corrected chi connectivity index (χ2v) is 8.75. The van der Waals surface area contributed by atoms with Gasteiger partial charge in [0, 0.05) is 18.3 Å². The van der Waals surface area contributed by atoms with Gasteiger partial charge in [-0.15, -0.1) is 0 Å². The molecule has 184 valence electrons. The van der Waals surface area contributed by atoms with Crippen LogP contribution in [0.2, 0.25) is 10.2 Å². The zero-order valence-electron chi connectivity index (χ0n) is 18.9. The molecule has 0 radical (unpaired) electrons. The summed E-state index contributed by atoms with van der Waals surface area (Å²) in [4.78, 5) is 16.6. The smallest absolute Gasteiger partial charge is 0.348 e. The van der Waals surface area contributed by atoms with Crippen molar-refractivity contribution in [2.45, 2.75) is 38.9 Å². The molecule has 1 N–H and O–H groups in total. The van der Waals surface area contributed by atoms with Crippen LogP contribution in [0.4, 0.5) is 17.6 Å². The monoisotopic (exact) mass is 524 g/mol. The Hall–Kier alpha value is -2.90. The van der Waals surface area contributed by atoms with Crippen LogP contribution in [0.1, 0.15) is 51.0 Å². The van der Waals surface area contributed by atoms with Crippen molar-refractivity contribution in [3.63, 3.8) is 0 Å². The minimum atomic E-state index is -4.60. The molecule has 0 saturated heterocycles. The summed E-state index contributed by atoms with van der Waals surface area (Å²) in [5.74, 6) is -3.02. The predicted octanol–water partition coefficient (Wildman–Crippen LogP) is 7.69. The van der Waals surface area contributed by atoms with Gasteiger partial charge in [0.15, 0.2) is 0 Å². The molecule has 3 aromatic rings. The van der Waals surface area contributed by atoms with Gasteiger partial charge in [0.2, 0.25) is 0 Å². The Bertz CT molecular complexity index is 1220. The Kier molecular flexibility index (Phi) is 8.56. The van der Waals surface area contributed by atoms with Crippen molar-refractivity contribution >= 4 is 35.2 Å². The van der Waals surface area contributed by atoms with Gasteiger partial charge in [0.05, 0.1) is 10.9 Å². The van der Waals surface area contributed by atoms with Crippen LogP contribution >= 0.6 is 23.2 Å². The second-order valence-electron chi connectivity index (χ2n) is 7.95. The summed E-state index contributed by atoms with van der Waals surface area (Å²) in [6.07, 6.45) is -0.198. The Morgan fingerprint density at radius 2 is 1.89 bits per heavy atom. The topological polar surface area (TPSA) is 42.0 Å². The third kappa shape index (κ3) is 6.83. The van der Waals surface area contributed by atoms with E-state index in [-0.39, 0.29) is 28.6 Å². The van der Waals surface area contributed by atoms with E-state index in [1.165, 1.54) is 13.0 Å². The lowest BCUT2D eigenvalue weighted by Crippen LogP contribution is -2.24. The highest BCUT2D eigenvalue weighted by atomic mass is 35.5. The number of carbonyl (C=O) groups excluding carboxylic acids is 1. The number of hydrogen-bond acceptors (Lipinski definition) is 2.